The maximum Gasteiger partial charge on any atom is 0.356 e. The first-order valence-electron chi connectivity index (χ1n) is 11.4. The molecule has 0 aliphatic rings. The molecule has 6 nitrogen and oxygen atoms in total. The third kappa shape index (κ3) is 4.87. The van der Waals surface area contributed by atoms with Crippen LogP contribution < -0.4 is 10.9 Å². The molecular weight excluding hydrogens is 499 g/mol. The molecule has 8 heteroatoms. The van der Waals surface area contributed by atoms with Gasteiger partial charge in [-0.05, 0) is 42.5 Å². The minimum absolute atomic E-state index is 0.0644. The number of nitrogens with one attached hydrogen (secondary N) is 1. The highest BCUT2D eigenvalue weighted by molar-refractivity contribution is 6.44. The number of fused-ring (bicyclic) bond motifs is 1. The molecule has 1 aromatic heterocycles. The lowest BCUT2D eigenvalue weighted by molar-refractivity contribution is -0.124. The van der Waals surface area contributed by atoms with Crippen LogP contribution in [-0.2, 0) is 16.6 Å². The summed E-state index contributed by atoms with van der Waals surface area (Å²) < 4.78 is 6.95. The third-order valence-corrected chi connectivity index (χ3v) is 6.78. The Kier molecular flexibility index (Phi) is 7.48. The number of anilines is 1. The number of benzene rings is 3. The molecule has 1 atom stereocenters. The number of rotatable bonds is 6. The van der Waals surface area contributed by atoms with Crippen molar-refractivity contribution in [2.24, 2.45) is 7.05 Å². The zero-order valence-electron chi connectivity index (χ0n) is 20.0. The molecule has 1 amide bonds. The maximum atomic E-state index is 13.6. The van der Waals surface area contributed by atoms with Gasteiger partial charge in [0.1, 0.15) is 5.69 Å². The number of amides is 1. The smallest absolute Gasteiger partial charge is 0.356 e. The van der Waals surface area contributed by atoms with E-state index in [1.165, 1.54) is 11.6 Å². The Morgan fingerprint density at radius 1 is 0.972 bits per heavy atom. The van der Waals surface area contributed by atoms with Gasteiger partial charge < -0.3 is 14.6 Å². The predicted molar refractivity (Wildman–Crippen MR) is 144 cm³/mol. The quantitative estimate of drug-likeness (QED) is 0.297. The fraction of sp³-hybridized carbons (Fsp3) is 0.179. The molecule has 1 heterocycles. The Labute approximate surface area is 218 Å². The summed E-state index contributed by atoms with van der Waals surface area (Å²) in [5, 5.41) is 4.24. The number of hydrogen-bond donors (Lipinski definition) is 1. The molecule has 0 radical (unpaired) electrons. The van der Waals surface area contributed by atoms with Crippen LogP contribution in [0, 0.1) is 6.92 Å². The third-order valence-electron chi connectivity index (χ3n) is 5.96. The van der Waals surface area contributed by atoms with E-state index in [4.69, 9.17) is 27.9 Å². The van der Waals surface area contributed by atoms with Crippen molar-refractivity contribution in [3.05, 3.63) is 98.4 Å². The molecule has 0 aliphatic carbocycles. The minimum Gasteiger partial charge on any atom is -0.448 e. The molecule has 0 saturated heterocycles. The zero-order chi connectivity index (χ0) is 26.0. The van der Waals surface area contributed by atoms with E-state index in [1.54, 1.807) is 43.3 Å². The van der Waals surface area contributed by atoms with E-state index in [-0.39, 0.29) is 27.7 Å². The van der Waals surface area contributed by atoms with Crippen LogP contribution in [-0.4, -0.2) is 22.5 Å². The van der Waals surface area contributed by atoms with Crippen molar-refractivity contribution in [3.8, 4) is 11.1 Å². The van der Waals surface area contributed by atoms with Crippen molar-refractivity contribution in [1.29, 1.82) is 0 Å². The second-order valence-electron chi connectivity index (χ2n) is 8.39. The monoisotopic (exact) mass is 522 g/mol. The number of aryl methyl sites for hydroxylation is 1. The summed E-state index contributed by atoms with van der Waals surface area (Å²) in [4.78, 5) is 39.7. The Bertz CT molecular complexity index is 1530. The van der Waals surface area contributed by atoms with Crippen molar-refractivity contribution >= 4 is 51.5 Å². The number of esters is 1. The van der Waals surface area contributed by atoms with Crippen molar-refractivity contribution in [2.75, 3.05) is 5.32 Å². The van der Waals surface area contributed by atoms with E-state index in [0.29, 0.717) is 22.0 Å². The Morgan fingerprint density at radius 3 is 2.31 bits per heavy atom. The van der Waals surface area contributed by atoms with Crippen LogP contribution in [0.15, 0.2) is 71.5 Å². The summed E-state index contributed by atoms with van der Waals surface area (Å²) in [6.07, 6.45) is -0.920. The molecule has 0 spiro atoms. The van der Waals surface area contributed by atoms with E-state index in [0.717, 1.165) is 11.1 Å². The van der Waals surface area contributed by atoms with E-state index in [9.17, 15) is 14.4 Å². The van der Waals surface area contributed by atoms with Crippen LogP contribution in [0.4, 0.5) is 5.69 Å². The topological polar surface area (TPSA) is 77.4 Å². The van der Waals surface area contributed by atoms with Crippen LogP contribution in [0.25, 0.3) is 21.9 Å². The highest BCUT2D eigenvalue weighted by Crippen LogP contribution is 2.32. The average Bonchev–Trinajstić information content (AvgIpc) is 2.87. The van der Waals surface area contributed by atoms with Gasteiger partial charge in [-0.2, -0.15) is 0 Å². The van der Waals surface area contributed by atoms with Gasteiger partial charge in [0.25, 0.3) is 11.5 Å². The van der Waals surface area contributed by atoms with Crippen molar-refractivity contribution < 1.29 is 14.3 Å². The second-order valence-corrected chi connectivity index (χ2v) is 9.18. The highest BCUT2D eigenvalue weighted by Gasteiger charge is 2.28. The number of carbonyl (C=O) groups excluding carboxylic acids is 2. The van der Waals surface area contributed by atoms with Gasteiger partial charge in [-0.15, -0.1) is 0 Å². The summed E-state index contributed by atoms with van der Waals surface area (Å²) in [5.41, 5.74) is 2.40. The van der Waals surface area contributed by atoms with E-state index < -0.39 is 18.0 Å². The number of pyridine rings is 1. The number of hydrogen-bond acceptors (Lipinski definition) is 4. The minimum atomic E-state index is -1.13. The summed E-state index contributed by atoms with van der Waals surface area (Å²) >= 11 is 12.2. The van der Waals surface area contributed by atoms with E-state index in [1.807, 2.05) is 37.3 Å². The average molecular weight is 523 g/mol. The summed E-state index contributed by atoms with van der Waals surface area (Å²) in [6, 6.07) is 19.6. The molecule has 3 aromatic carbocycles. The van der Waals surface area contributed by atoms with Crippen LogP contribution in [0.2, 0.25) is 10.0 Å². The standard InChI is InChI=1S/C28H24Cl2N2O4/c1-4-22(26(33)31-21-11-7-10-20(29)24(21)30)36-28(35)25-23(17-14-12-16(2)13-15-17)18-8-5-6-9-19(18)27(34)32(25)3/h5-15,22H,4H2,1-3H3,(H,31,33). The molecule has 0 aliphatic heterocycles. The van der Waals surface area contributed by atoms with Crippen LogP contribution in [0.5, 0.6) is 0 Å². The molecule has 36 heavy (non-hydrogen) atoms. The molecule has 1 N–H and O–H groups in total. The van der Waals surface area contributed by atoms with Gasteiger partial charge in [-0.1, -0.05) is 84.2 Å². The molecule has 0 fully saturated rings. The van der Waals surface area contributed by atoms with Gasteiger partial charge in [0.05, 0.1) is 15.7 Å². The predicted octanol–water partition coefficient (Wildman–Crippen LogP) is 6.39. The maximum absolute atomic E-state index is 13.6. The summed E-state index contributed by atoms with van der Waals surface area (Å²) in [5.74, 6) is -1.34. The fourth-order valence-electron chi connectivity index (χ4n) is 4.04. The number of carbonyl (C=O) groups is 2. The van der Waals surface area contributed by atoms with Gasteiger partial charge in [0.15, 0.2) is 6.10 Å². The van der Waals surface area contributed by atoms with Crippen LogP contribution in [0.1, 0.15) is 29.4 Å². The SMILES string of the molecule is CCC(OC(=O)c1c(-c2ccc(C)cc2)c2ccccc2c(=O)n1C)C(=O)Nc1cccc(Cl)c1Cl. The number of aromatic nitrogens is 1. The van der Waals surface area contributed by atoms with Crippen LogP contribution >= 0.6 is 23.2 Å². The van der Waals surface area contributed by atoms with Crippen molar-refractivity contribution in [2.45, 2.75) is 26.4 Å². The second kappa shape index (κ2) is 10.6. The van der Waals surface area contributed by atoms with Gasteiger partial charge in [0.2, 0.25) is 0 Å². The summed E-state index contributed by atoms with van der Waals surface area (Å²) in [6.45, 7) is 3.69. The Balaban J connectivity index is 1.76. The lowest BCUT2D eigenvalue weighted by atomic mass is 9.96. The fourth-order valence-corrected chi connectivity index (χ4v) is 4.39. The molecule has 1 unspecified atom stereocenters. The van der Waals surface area contributed by atoms with Gasteiger partial charge in [-0.3, -0.25) is 9.59 Å². The first-order valence-corrected chi connectivity index (χ1v) is 12.1. The normalized spacial score (nSPS) is 11.8. The van der Waals surface area contributed by atoms with Gasteiger partial charge in [-0.25, -0.2) is 4.79 Å². The van der Waals surface area contributed by atoms with E-state index >= 15 is 0 Å². The number of ether oxygens (including phenoxy) is 1. The largest absolute Gasteiger partial charge is 0.448 e. The van der Waals surface area contributed by atoms with Crippen molar-refractivity contribution in [3.63, 3.8) is 0 Å². The van der Waals surface area contributed by atoms with Crippen LogP contribution in [0.3, 0.4) is 0 Å². The number of halogens is 2. The van der Waals surface area contributed by atoms with Gasteiger partial charge >= 0.3 is 5.97 Å². The Hall–Kier alpha value is -3.61. The lowest BCUT2D eigenvalue weighted by Crippen LogP contribution is -2.34. The summed E-state index contributed by atoms with van der Waals surface area (Å²) in [7, 11) is 1.52. The van der Waals surface area contributed by atoms with E-state index in [2.05, 4.69) is 5.32 Å². The molecule has 4 aromatic rings. The van der Waals surface area contributed by atoms with Crippen molar-refractivity contribution in [1.82, 2.24) is 4.57 Å². The lowest BCUT2D eigenvalue weighted by Gasteiger charge is -2.20. The Morgan fingerprint density at radius 2 is 1.64 bits per heavy atom. The molecule has 4 rings (SSSR count). The zero-order valence-corrected chi connectivity index (χ0v) is 21.5. The highest BCUT2D eigenvalue weighted by atomic mass is 35.5. The molecule has 0 bridgehead atoms. The first-order chi connectivity index (χ1) is 17.2. The molecular formula is C28H24Cl2N2O4. The first kappa shape index (κ1) is 25.5. The molecule has 184 valence electrons. The van der Waals surface area contributed by atoms with Gasteiger partial charge in [0, 0.05) is 18.0 Å². The molecule has 0 saturated carbocycles. The number of nitrogens with zero attached hydrogens (tertiary/aromatic N) is 1.